The van der Waals surface area contributed by atoms with Gasteiger partial charge in [0.2, 0.25) is 0 Å². The Balaban J connectivity index is 1.26. The van der Waals surface area contributed by atoms with Gasteiger partial charge in [-0.25, -0.2) is 0 Å². The standard InChI is InChI=1S/C22H23N5O5/c1-14-6-7-16(27(30)31)12-18(14)24-21(29)20(28)23-13-15-8-10-26(11-9-15)22-25-17-4-2-3-5-19(17)32-22/h2-7,12,15H,8-11,13H2,1H3,(H,23,28)(H,24,29). The fourth-order valence-electron chi connectivity index (χ4n) is 3.68. The Morgan fingerprint density at radius 2 is 1.94 bits per heavy atom. The van der Waals surface area contributed by atoms with E-state index >= 15 is 0 Å². The highest BCUT2D eigenvalue weighted by atomic mass is 16.6. The van der Waals surface area contributed by atoms with E-state index in [1.165, 1.54) is 18.2 Å². The number of fused-ring (bicyclic) bond motifs is 1. The van der Waals surface area contributed by atoms with Crippen LogP contribution in [-0.2, 0) is 9.59 Å². The van der Waals surface area contributed by atoms with Gasteiger partial charge in [0, 0.05) is 31.8 Å². The van der Waals surface area contributed by atoms with Gasteiger partial charge >= 0.3 is 11.8 Å². The van der Waals surface area contributed by atoms with Crippen LogP contribution in [0.15, 0.2) is 46.9 Å². The van der Waals surface area contributed by atoms with Crippen LogP contribution in [0, 0.1) is 23.0 Å². The quantitative estimate of drug-likeness (QED) is 0.356. The molecule has 3 aromatic rings. The lowest BCUT2D eigenvalue weighted by Crippen LogP contribution is -2.42. The summed E-state index contributed by atoms with van der Waals surface area (Å²) in [5.41, 5.74) is 2.29. The Morgan fingerprint density at radius 1 is 1.19 bits per heavy atom. The molecule has 0 aliphatic carbocycles. The van der Waals surface area contributed by atoms with E-state index in [4.69, 9.17) is 4.42 Å². The molecule has 0 atom stereocenters. The second kappa shape index (κ2) is 9.04. The van der Waals surface area contributed by atoms with E-state index in [-0.39, 0.29) is 17.3 Å². The molecule has 2 heterocycles. The van der Waals surface area contributed by atoms with Crippen molar-refractivity contribution in [3.63, 3.8) is 0 Å². The van der Waals surface area contributed by atoms with Gasteiger partial charge in [-0.1, -0.05) is 18.2 Å². The number of rotatable bonds is 5. The van der Waals surface area contributed by atoms with Crippen LogP contribution in [0.3, 0.4) is 0 Å². The third-order valence-electron chi connectivity index (χ3n) is 5.61. The number of nitrogens with one attached hydrogen (secondary N) is 2. The topological polar surface area (TPSA) is 131 Å². The van der Waals surface area contributed by atoms with Crippen LogP contribution in [0.4, 0.5) is 17.4 Å². The maximum absolute atomic E-state index is 12.2. The minimum atomic E-state index is -0.850. The number of carbonyl (C=O) groups is 2. The van der Waals surface area contributed by atoms with Gasteiger partial charge in [-0.05, 0) is 43.4 Å². The summed E-state index contributed by atoms with van der Waals surface area (Å²) in [5, 5.41) is 16.0. The average Bonchev–Trinajstić information content (AvgIpc) is 3.23. The van der Waals surface area contributed by atoms with E-state index < -0.39 is 16.7 Å². The summed E-state index contributed by atoms with van der Waals surface area (Å²) >= 11 is 0. The highest BCUT2D eigenvalue weighted by molar-refractivity contribution is 6.39. The number of aromatic nitrogens is 1. The predicted octanol–water partition coefficient (Wildman–Crippen LogP) is 3.02. The molecule has 10 nitrogen and oxygen atoms in total. The van der Waals surface area contributed by atoms with Crippen molar-refractivity contribution in [3.05, 3.63) is 58.1 Å². The Hall–Kier alpha value is -3.95. The van der Waals surface area contributed by atoms with E-state index in [1.54, 1.807) is 6.92 Å². The van der Waals surface area contributed by atoms with Crippen molar-refractivity contribution in [1.29, 1.82) is 0 Å². The molecule has 0 radical (unpaired) electrons. The number of hydrogen-bond donors (Lipinski definition) is 2. The van der Waals surface area contributed by atoms with Crippen molar-refractivity contribution in [3.8, 4) is 0 Å². The number of anilines is 2. The van der Waals surface area contributed by atoms with Crippen molar-refractivity contribution >= 4 is 40.3 Å². The molecule has 32 heavy (non-hydrogen) atoms. The monoisotopic (exact) mass is 437 g/mol. The number of nitrogens with zero attached hydrogens (tertiary/aromatic N) is 3. The molecule has 0 spiro atoms. The molecule has 1 aliphatic rings. The SMILES string of the molecule is Cc1ccc([N+](=O)[O-])cc1NC(=O)C(=O)NCC1CCN(c2nc3ccccc3o2)CC1. The van der Waals surface area contributed by atoms with Crippen molar-refractivity contribution in [2.24, 2.45) is 5.92 Å². The summed E-state index contributed by atoms with van der Waals surface area (Å²) < 4.78 is 5.81. The number of para-hydroxylation sites is 2. The number of piperidine rings is 1. The van der Waals surface area contributed by atoms with Crippen LogP contribution in [-0.4, -0.2) is 41.4 Å². The summed E-state index contributed by atoms with van der Waals surface area (Å²) in [7, 11) is 0. The number of non-ortho nitro benzene ring substituents is 1. The number of nitro benzene ring substituents is 1. The first kappa shape index (κ1) is 21.3. The lowest BCUT2D eigenvalue weighted by molar-refractivity contribution is -0.384. The van der Waals surface area contributed by atoms with Gasteiger partial charge in [0.05, 0.1) is 10.6 Å². The third kappa shape index (κ3) is 4.69. The molecule has 0 saturated carbocycles. The van der Waals surface area contributed by atoms with Gasteiger partial charge in [0.15, 0.2) is 5.58 Å². The minimum Gasteiger partial charge on any atom is -0.423 e. The molecule has 166 valence electrons. The Kier molecular flexibility index (Phi) is 6.02. The number of amides is 2. The summed E-state index contributed by atoms with van der Waals surface area (Å²) in [5.74, 6) is -1.39. The highest BCUT2D eigenvalue weighted by Gasteiger charge is 2.24. The van der Waals surface area contributed by atoms with Crippen molar-refractivity contribution < 1.29 is 18.9 Å². The minimum absolute atomic E-state index is 0.156. The maximum Gasteiger partial charge on any atom is 0.313 e. The second-order valence-corrected chi connectivity index (χ2v) is 7.82. The number of aryl methyl sites for hydroxylation is 1. The Bertz CT molecular complexity index is 1130. The molecule has 1 aliphatic heterocycles. The summed E-state index contributed by atoms with van der Waals surface area (Å²) in [6.07, 6.45) is 1.65. The zero-order chi connectivity index (χ0) is 22.7. The van der Waals surface area contributed by atoms with Gasteiger partial charge in [0.25, 0.3) is 11.7 Å². The van der Waals surface area contributed by atoms with E-state index in [0.717, 1.165) is 37.0 Å². The number of benzene rings is 2. The van der Waals surface area contributed by atoms with Crippen LogP contribution in [0.2, 0.25) is 0 Å². The van der Waals surface area contributed by atoms with Crippen LogP contribution in [0.5, 0.6) is 0 Å². The van der Waals surface area contributed by atoms with E-state index in [2.05, 4.69) is 20.5 Å². The molecular weight excluding hydrogens is 414 g/mol. The first-order chi connectivity index (χ1) is 15.4. The molecule has 4 rings (SSSR count). The van der Waals surface area contributed by atoms with Crippen molar-refractivity contribution in [2.45, 2.75) is 19.8 Å². The molecule has 2 N–H and O–H groups in total. The third-order valence-corrected chi connectivity index (χ3v) is 5.61. The number of hydrogen-bond acceptors (Lipinski definition) is 7. The molecule has 0 bridgehead atoms. The zero-order valence-corrected chi connectivity index (χ0v) is 17.5. The molecule has 1 saturated heterocycles. The average molecular weight is 437 g/mol. The van der Waals surface area contributed by atoms with Gasteiger partial charge in [-0.2, -0.15) is 4.98 Å². The largest absolute Gasteiger partial charge is 0.423 e. The van der Waals surface area contributed by atoms with Crippen LogP contribution in [0.1, 0.15) is 18.4 Å². The lowest BCUT2D eigenvalue weighted by atomic mass is 9.97. The zero-order valence-electron chi connectivity index (χ0n) is 17.5. The summed E-state index contributed by atoms with van der Waals surface area (Å²) in [6, 6.07) is 12.3. The first-order valence-corrected chi connectivity index (χ1v) is 10.4. The van der Waals surface area contributed by atoms with Crippen molar-refractivity contribution in [1.82, 2.24) is 10.3 Å². The number of carbonyl (C=O) groups excluding carboxylic acids is 2. The summed E-state index contributed by atoms with van der Waals surface area (Å²) in [4.78, 5) is 41.4. The van der Waals surface area contributed by atoms with Gasteiger partial charge in [-0.15, -0.1) is 0 Å². The van der Waals surface area contributed by atoms with E-state index in [1.807, 2.05) is 24.3 Å². The van der Waals surface area contributed by atoms with Crippen molar-refractivity contribution in [2.75, 3.05) is 29.9 Å². The molecular formula is C22H23N5O5. The van der Waals surface area contributed by atoms with Crippen LogP contribution < -0.4 is 15.5 Å². The maximum atomic E-state index is 12.2. The molecule has 1 fully saturated rings. The van der Waals surface area contributed by atoms with E-state index in [0.29, 0.717) is 18.1 Å². The second-order valence-electron chi connectivity index (χ2n) is 7.82. The van der Waals surface area contributed by atoms with Crippen LogP contribution in [0.25, 0.3) is 11.1 Å². The number of oxazole rings is 1. The number of nitro groups is 1. The van der Waals surface area contributed by atoms with Gasteiger partial charge in [0.1, 0.15) is 5.52 Å². The van der Waals surface area contributed by atoms with Gasteiger partial charge in [-0.3, -0.25) is 19.7 Å². The summed E-state index contributed by atoms with van der Waals surface area (Å²) in [6.45, 7) is 3.56. The molecule has 2 aromatic carbocycles. The first-order valence-electron chi connectivity index (χ1n) is 10.4. The fourth-order valence-corrected chi connectivity index (χ4v) is 3.68. The normalized spacial score (nSPS) is 14.3. The van der Waals surface area contributed by atoms with E-state index in [9.17, 15) is 19.7 Å². The Morgan fingerprint density at radius 3 is 2.66 bits per heavy atom. The smallest absolute Gasteiger partial charge is 0.313 e. The fraction of sp³-hybridized carbons (Fsp3) is 0.318. The predicted molar refractivity (Wildman–Crippen MR) is 118 cm³/mol. The molecule has 10 heteroatoms. The molecule has 2 amide bonds. The molecule has 1 aromatic heterocycles. The highest BCUT2D eigenvalue weighted by Crippen LogP contribution is 2.26. The lowest BCUT2D eigenvalue weighted by Gasteiger charge is -2.30. The van der Waals surface area contributed by atoms with Gasteiger partial charge < -0.3 is 20.0 Å². The Labute approximate surface area is 183 Å². The molecule has 0 unspecified atom stereocenters. The van der Waals surface area contributed by atoms with Crippen LogP contribution >= 0.6 is 0 Å².